The van der Waals surface area contributed by atoms with Crippen LogP contribution < -0.4 is 10.1 Å². The number of methoxy groups -OCH3 is 1. The van der Waals surface area contributed by atoms with Crippen LogP contribution in [0.1, 0.15) is 18.4 Å². The van der Waals surface area contributed by atoms with E-state index in [0.717, 1.165) is 50.1 Å². The molecule has 1 spiro atoms. The minimum atomic E-state index is 0. The van der Waals surface area contributed by atoms with Crippen molar-refractivity contribution >= 4 is 29.9 Å². The molecule has 0 aromatic heterocycles. The molecule has 2 aliphatic heterocycles. The highest BCUT2D eigenvalue weighted by Crippen LogP contribution is 2.38. The summed E-state index contributed by atoms with van der Waals surface area (Å²) in [5, 5.41) is 3.41. The summed E-state index contributed by atoms with van der Waals surface area (Å²) in [5.74, 6) is 1.83. The van der Waals surface area contributed by atoms with Gasteiger partial charge in [0.2, 0.25) is 0 Å². The third-order valence-electron chi connectivity index (χ3n) is 5.07. The minimum Gasteiger partial charge on any atom is -0.497 e. The van der Waals surface area contributed by atoms with E-state index < -0.39 is 0 Å². The van der Waals surface area contributed by atoms with Crippen molar-refractivity contribution < 1.29 is 14.2 Å². The fourth-order valence-electron chi connectivity index (χ4n) is 3.61. The van der Waals surface area contributed by atoms with Crippen LogP contribution in [0, 0.1) is 5.41 Å². The highest BCUT2D eigenvalue weighted by molar-refractivity contribution is 14.0. The molecule has 0 amide bonds. The van der Waals surface area contributed by atoms with Gasteiger partial charge in [-0.15, -0.1) is 24.0 Å². The molecule has 2 fully saturated rings. The Kier molecular flexibility index (Phi) is 8.43. The van der Waals surface area contributed by atoms with Crippen LogP contribution in [0.25, 0.3) is 0 Å². The van der Waals surface area contributed by atoms with Crippen molar-refractivity contribution in [3.8, 4) is 5.75 Å². The number of hydrogen-bond donors (Lipinski definition) is 1. The zero-order chi connectivity index (χ0) is 17.5. The molecule has 1 aromatic carbocycles. The van der Waals surface area contributed by atoms with E-state index in [1.165, 1.54) is 12.8 Å². The molecule has 2 saturated heterocycles. The van der Waals surface area contributed by atoms with Crippen LogP contribution in [-0.2, 0) is 16.1 Å². The fraction of sp³-hybridized carbons (Fsp3) is 0.632. The summed E-state index contributed by atoms with van der Waals surface area (Å²) in [4.78, 5) is 6.77. The van der Waals surface area contributed by atoms with Gasteiger partial charge < -0.3 is 24.4 Å². The van der Waals surface area contributed by atoms with Gasteiger partial charge in [0.05, 0.1) is 26.9 Å². The largest absolute Gasteiger partial charge is 0.497 e. The van der Waals surface area contributed by atoms with Gasteiger partial charge in [0.1, 0.15) is 5.75 Å². The number of ether oxygens (including phenoxy) is 3. The molecule has 146 valence electrons. The zero-order valence-electron chi connectivity index (χ0n) is 15.7. The van der Waals surface area contributed by atoms with E-state index in [1.54, 1.807) is 7.11 Å². The normalized spacial score (nSPS) is 22.5. The summed E-state index contributed by atoms with van der Waals surface area (Å²) in [6.07, 6.45) is 2.37. The highest BCUT2D eigenvalue weighted by Gasteiger charge is 2.42. The van der Waals surface area contributed by atoms with Gasteiger partial charge in [-0.25, -0.2) is 0 Å². The predicted octanol–water partition coefficient (Wildman–Crippen LogP) is 2.52. The lowest BCUT2D eigenvalue weighted by Crippen LogP contribution is -2.42. The van der Waals surface area contributed by atoms with Crippen molar-refractivity contribution in [2.45, 2.75) is 19.4 Å². The molecule has 1 N–H and O–H groups in total. The van der Waals surface area contributed by atoms with Crippen LogP contribution in [0.15, 0.2) is 29.3 Å². The lowest BCUT2D eigenvalue weighted by molar-refractivity contribution is 0.124. The number of likely N-dealkylation sites (tertiary alicyclic amines) is 1. The molecule has 3 rings (SSSR count). The van der Waals surface area contributed by atoms with Crippen LogP contribution in [0.2, 0.25) is 0 Å². The van der Waals surface area contributed by atoms with Crippen LogP contribution in [0.5, 0.6) is 5.75 Å². The molecule has 7 heteroatoms. The molecule has 1 unspecified atom stereocenters. The Morgan fingerprint density at radius 3 is 3.00 bits per heavy atom. The summed E-state index contributed by atoms with van der Waals surface area (Å²) in [6.45, 7) is 5.85. The Hall–Kier alpha value is -1.06. The maximum Gasteiger partial charge on any atom is 0.193 e. The van der Waals surface area contributed by atoms with Gasteiger partial charge in [-0.3, -0.25) is 4.99 Å². The summed E-state index contributed by atoms with van der Waals surface area (Å²) >= 11 is 0. The summed E-state index contributed by atoms with van der Waals surface area (Å²) < 4.78 is 16.6. The van der Waals surface area contributed by atoms with E-state index in [1.807, 2.05) is 31.3 Å². The topological polar surface area (TPSA) is 55.3 Å². The molecule has 2 aliphatic rings. The molecule has 1 atom stereocenters. The first-order chi connectivity index (χ1) is 12.2. The standard InChI is InChI=1S/C19H29N3O3.HI/c1-20-18(22-9-6-19(14-22)7-10-25-15-19)21-8-11-24-13-16-4-3-5-17(12-16)23-2;/h3-5,12H,6-11,13-15H2,1-2H3,(H,20,21);1H. The zero-order valence-corrected chi connectivity index (χ0v) is 18.0. The van der Waals surface area contributed by atoms with Crippen molar-refractivity contribution in [1.29, 1.82) is 0 Å². The Morgan fingerprint density at radius 2 is 2.27 bits per heavy atom. The Labute approximate surface area is 173 Å². The van der Waals surface area contributed by atoms with Gasteiger partial charge in [-0.1, -0.05) is 12.1 Å². The summed E-state index contributed by atoms with van der Waals surface area (Å²) in [7, 11) is 3.52. The number of halogens is 1. The first-order valence-electron chi connectivity index (χ1n) is 8.99. The maximum absolute atomic E-state index is 5.76. The number of hydrogen-bond acceptors (Lipinski definition) is 4. The van der Waals surface area contributed by atoms with Crippen molar-refractivity contribution in [1.82, 2.24) is 10.2 Å². The molecule has 0 radical (unpaired) electrons. The number of aliphatic imine (C=N–C) groups is 1. The quantitative estimate of drug-likeness (QED) is 0.297. The molecule has 26 heavy (non-hydrogen) atoms. The van der Waals surface area contributed by atoms with E-state index in [4.69, 9.17) is 14.2 Å². The van der Waals surface area contributed by atoms with Crippen LogP contribution in [0.3, 0.4) is 0 Å². The lowest BCUT2D eigenvalue weighted by atomic mass is 9.87. The maximum atomic E-state index is 5.76. The van der Waals surface area contributed by atoms with E-state index >= 15 is 0 Å². The molecule has 0 bridgehead atoms. The smallest absolute Gasteiger partial charge is 0.193 e. The molecule has 0 saturated carbocycles. The van der Waals surface area contributed by atoms with E-state index in [2.05, 4.69) is 15.2 Å². The van der Waals surface area contributed by atoms with Crippen LogP contribution >= 0.6 is 24.0 Å². The van der Waals surface area contributed by atoms with Gasteiger partial charge in [-0.05, 0) is 30.5 Å². The van der Waals surface area contributed by atoms with Crippen molar-refractivity contribution in [3.63, 3.8) is 0 Å². The Morgan fingerprint density at radius 1 is 1.38 bits per heavy atom. The average molecular weight is 475 g/mol. The summed E-state index contributed by atoms with van der Waals surface area (Å²) in [5.41, 5.74) is 1.46. The first kappa shape index (κ1) is 21.2. The second-order valence-corrected chi connectivity index (χ2v) is 6.85. The highest BCUT2D eigenvalue weighted by atomic mass is 127. The third-order valence-corrected chi connectivity index (χ3v) is 5.07. The molecular weight excluding hydrogens is 445 g/mol. The number of rotatable bonds is 6. The molecule has 0 aliphatic carbocycles. The third kappa shape index (κ3) is 5.47. The monoisotopic (exact) mass is 475 g/mol. The Balaban J connectivity index is 0.00000243. The molecular formula is C19H30IN3O3. The molecule has 2 heterocycles. The Bertz CT molecular complexity index is 591. The SMILES string of the molecule is CN=C(NCCOCc1cccc(OC)c1)N1CCC2(CCOC2)C1.I. The van der Waals surface area contributed by atoms with Gasteiger partial charge >= 0.3 is 0 Å². The second-order valence-electron chi connectivity index (χ2n) is 6.85. The van der Waals surface area contributed by atoms with Crippen LogP contribution in [0.4, 0.5) is 0 Å². The first-order valence-corrected chi connectivity index (χ1v) is 8.99. The summed E-state index contributed by atoms with van der Waals surface area (Å²) in [6, 6.07) is 7.96. The minimum absolute atomic E-state index is 0. The van der Waals surface area contributed by atoms with Crippen molar-refractivity contribution in [2.24, 2.45) is 10.4 Å². The molecule has 1 aromatic rings. The van der Waals surface area contributed by atoms with E-state index in [0.29, 0.717) is 18.6 Å². The number of nitrogens with one attached hydrogen (secondary N) is 1. The van der Waals surface area contributed by atoms with Crippen molar-refractivity contribution in [2.75, 3.05) is 53.6 Å². The van der Waals surface area contributed by atoms with E-state index in [9.17, 15) is 0 Å². The van der Waals surface area contributed by atoms with Gasteiger partial charge in [0.15, 0.2) is 5.96 Å². The van der Waals surface area contributed by atoms with Crippen molar-refractivity contribution in [3.05, 3.63) is 29.8 Å². The van der Waals surface area contributed by atoms with Gasteiger partial charge in [0, 0.05) is 38.7 Å². The lowest BCUT2D eigenvalue weighted by Gasteiger charge is -2.24. The van der Waals surface area contributed by atoms with E-state index in [-0.39, 0.29) is 24.0 Å². The fourth-order valence-corrected chi connectivity index (χ4v) is 3.61. The van der Waals surface area contributed by atoms with Gasteiger partial charge in [-0.2, -0.15) is 0 Å². The van der Waals surface area contributed by atoms with Gasteiger partial charge in [0.25, 0.3) is 0 Å². The van der Waals surface area contributed by atoms with Crippen LogP contribution in [-0.4, -0.2) is 64.5 Å². The molecule has 6 nitrogen and oxygen atoms in total. The predicted molar refractivity (Wildman–Crippen MR) is 113 cm³/mol. The average Bonchev–Trinajstić information content (AvgIpc) is 3.28. The number of guanidine groups is 1. The number of benzene rings is 1. The number of nitrogens with zero attached hydrogens (tertiary/aromatic N) is 2. The second kappa shape index (κ2) is 10.3.